The lowest BCUT2D eigenvalue weighted by atomic mass is 10.1. The Kier molecular flexibility index (Phi) is 3.90. The minimum Gasteiger partial charge on any atom is -0.334 e. The summed E-state index contributed by atoms with van der Waals surface area (Å²) in [7, 11) is 0. The lowest BCUT2D eigenvalue weighted by Crippen LogP contribution is -2.11. The molecule has 6 heteroatoms. The van der Waals surface area contributed by atoms with E-state index in [4.69, 9.17) is 4.98 Å². The molecule has 1 aliphatic rings. The molecule has 0 saturated heterocycles. The van der Waals surface area contributed by atoms with Crippen LogP contribution in [-0.2, 0) is 13.0 Å². The number of aryl methyl sites for hydroxylation is 3. The van der Waals surface area contributed by atoms with E-state index in [2.05, 4.69) is 21.1 Å². The molecule has 3 aromatic rings. The number of nitrogens with one attached hydrogen (secondary N) is 1. The molecule has 1 aromatic carbocycles. The van der Waals surface area contributed by atoms with Crippen LogP contribution in [0.2, 0.25) is 0 Å². The van der Waals surface area contributed by atoms with E-state index in [0.717, 1.165) is 41.4 Å². The number of fused-ring (bicyclic) bond motifs is 1. The first-order chi connectivity index (χ1) is 11.7. The predicted octanol–water partition coefficient (Wildman–Crippen LogP) is 3.90. The molecule has 1 amide bonds. The Bertz CT molecular complexity index is 873. The molecule has 0 spiro atoms. The second-order valence-electron chi connectivity index (χ2n) is 5.99. The summed E-state index contributed by atoms with van der Waals surface area (Å²) in [6.07, 6.45) is 5.58. The first-order valence-corrected chi connectivity index (χ1v) is 8.96. The monoisotopic (exact) mass is 338 g/mol. The highest BCUT2D eigenvalue weighted by molar-refractivity contribution is 7.12. The third-order valence-electron chi connectivity index (χ3n) is 4.28. The minimum absolute atomic E-state index is 0.115. The normalized spacial score (nSPS) is 13.5. The fraction of sp³-hybridized carbons (Fsp3) is 0.278. The van der Waals surface area contributed by atoms with Crippen molar-refractivity contribution in [3.63, 3.8) is 0 Å². The molecule has 24 heavy (non-hydrogen) atoms. The molecule has 1 N–H and O–H groups in total. The summed E-state index contributed by atoms with van der Waals surface area (Å²) in [6, 6.07) is 7.85. The molecule has 5 nitrogen and oxygen atoms in total. The van der Waals surface area contributed by atoms with E-state index in [1.807, 2.05) is 31.2 Å². The topological polar surface area (TPSA) is 59.8 Å². The van der Waals surface area contributed by atoms with Gasteiger partial charge in [0.1, 0.15) is 10.7 Å². The van der Waals surface area contributed by atoms with Crippen LogP contribution in [0.15, 0.2) is 36.0 Å². The van der Waals surface area contributed by atoms with Crippen molar-refractivity contribution in [3.05, 3.63) is 52.4 Å². The fourth-order valence-corrected chi connectivity index (χ4v) is 3.71. The van der Waals surface area contributed by atoms with Crippen LogP contribution in [0.3, 0.4) is 0 Å². The van der Waals surface area contributed by atoms with Crippen LogP contribution in [-0.4, -0.2) is 20.4 Å². The SMILES string of the molecule is Cc1ncsc1C(=O)Nc1cccc(-c2cn3c(n2)CCCC3)c1. The summed E-state index contributed by atoms with van der Waals surface area (Å²) in [5.74, 6) is 1.04. The number of rotatable bonds is 3. The molecule has 0 atom stereocenters. The van der Waals surface area contributed by atoms with Crippen molar-refractivity contribution in [2.45, 2.75) is 32.7 Å². The molecule has 3 heterocycles. The maximum atomic E-state index is 12.3. The lowest BCUT2D eigenvalue weighted by molar-refractivity contribution is 0.103. The number of nitrogens with zero attached hydrogens (tertiary/aromatic N) is 3. The van der Waals surface area contributed by atoms with Gasteiger partial charge in [-0.15, -0.1) is 11.3 Å². The zero-order chi connectivity index (χ0) is 16.5. The number of carbonyl (C=O) groups is 1. The first kappa shape index (κ1) is 15.1. The highest BCUT2D eigenvalue weighted by Gasteiger charge is 2.15. The Morgan fingerprint density at radius 3 is 3.04 bits per heavy atom. The van der Waals surface area contributed by atoms with Gasteiger partial charge >= 0.3 is 0 Å². The Morgan fingerprint density at radius 2 is 2.25 bits per heavy atom. The molecule has 122 valence electrons. The zero-order valence-corrected chi connectivity index (χ0v) is 14.3. The lowest BCUT2D eigenvalue weighted by Gasteiger charge is -2.11. The maximum Gasteiger partial charge on any atom is 0.267 e. The standard InChI is InChI=1S/C18H18N4OS/c1-12-17(24-11-19-12)18(23)20-14-6-4-5-13(9-14)15-10-22-8-3-2-7-16(22)21-15/h4-6,9-11H,2-3,7-8H2,1H3,(H,20,23). The van der Waals surface area contributed by atoms with E-state index >= 15 is 0 Å². The van der Waals surface area contributed by atoms with Crippen molar-refractivity contribution in [2.75, 3.05) is 5.32 Å². The Balaban J connectivity index is 1.58. The molecule has 1 aliphatic heterocycles. The van der Waals surface area contributed by atoms with Gasteiger partial charge in [-0.2, -0.15) is 0 Å². The summed E-state index contributed by atoms with van der Waals surface area (Å²) in [4.78, 5) is 21.9. The Labute approximate surface area is 144 Å². The maximum absolute atomic E-state index is 12.3. The van der Waals surface area contributed by atoms with Gasteiger partial charge in [0.2, 0.25) is 0 Å². The number of hydrogen-bond donors (Lipinski definition) is 1. The van der Waals surface area contributed by atoms with Gasteiger partial charge in [-0.3, -0.25) is 4.79 Å². The number of aromatic nitrogens is 3. The van der Waals surface area contributed by atoms with E-state index < -0.39 is 0 Å². The molecule has 0 fully saturated rings. The second-order valence-corrected chi connectivity index (χ2v) is 6.85. The van der Waals surface area contributed by atoms with Crippen molar-refractivity contribution in [1.29, 1.82) is 0 Å². The Morgan fingerprint density at radius 1 is 1.33 bits per heavy atom. The molecule has 0 unspecified atom stereocenters. The van der Waals surface area contributed by atoms with Gasteiger partial charge in [-0.25, -0.2) is 9.97 Å². The van der Waals surface area contributed by atoms with Gasteiger partial charge in [0.15, 0.2) is 0 Å². The average molecular weight is 338 g/mol. The summed E-state index contributed by atoms with van der Waals surface area (Å²) in [5, 5.41) is 2.95. The van der Waals surface area contributed by atoms with Gasteiger partial charge in [-0.05, 0) is 31.9 Å². The largest absolute Gasteiger partial charge is 0.334 e. The number of thiazole rings is 1. The highest BCUT2D eigenvalue weighted by atomic mass is 32.1. The van der Waals surface area contributed by atoms with Gasteiger partial charge in [-0.1, -0.05) is 12.1 Å². The van der Waals surface area contributed by atoms with Crippen LogP contribution in [0.1, 0.15) is 34.0 Å². The summed E-state index contributed by atoms with van der Waals surface area (Å²) in [6.45, 7) is 2.89. The molecule has 2 aromatic heterocycles. The molecular formula is C18H18N4OS. The minimum atomic E-state index is -0.115. The first-order valence-electron chi connectivity index (χ1n) is 8.08. The molecular weight excluding hydrogens is 320 g/mol. The fourth-order valence-electron chi connectivity index (χ4n) is 3.02. The van der Waals surface area contributed by atoms with E-state index in [9.17, 15) is 4.79 Å². The number of carbonyl (C=O) groups excluding carboxylic acids is 1. The smallest absolute Gasteiger partial charge is 0.267 e. The summed E-state index contributed by atoms with van der Waals surface area (Å²) >= 11 is 1.36. The van der Waals surface area contributed by atoms with Crippen molar-refractivity contribution < 1.29 is 4.79 Å². The number of amides is 1. The van der Waals surface area contributed by atoms with Crippen molar-refractivity contribution in [1.82, 2.24) is 14.5 Å². The number of anilines is 1. The summed E-state index contributed by atoms with van der Waals surface area (Å²) in [5.41, 5.74) is 5.22. The zero-order valence-electron chi connectivity index (χ0n) is 13.5. The third-order valence-corrected chi connectivity index (χ3v) is 5.20. The number of benzene rings is 1. The van der Waals surface area contributed by atoms with Gasteiger partial charge in [0, 0.05) is 30.4 Å². The van der Waals surface area contributed by atoms with Gasteiger partial charge < -0.3 is 9.88 Å². The number of imidazole rings is 1. The average Bonchev–Trinajstić information content (AvgIpc) is 3.21. The van der Waals surface area contributed by atoms with Gasteiger partial charge in [0.05, 0.1) is 16.9 Å². The second kappa shape index (κ2) is 6.20. The van der Waals surface area contributed by atoms with Crippen molar-refractivity contribution in [3.8, 4) is 11.3 Å². The molecule has 0 bridgehead atoms. The third kappa shape index (κ3) is 2.85. The molecule has 0 radical (unpaired) electrons. The van der Waals surface area contributed by atoms with Gasteiger partial charge in [0.25, 0.3) is 5.91 Å². The number of hydrogen-bond acceptors (Lipinski definition) is 4. The Hall–Kier alpha value is -2.47. The quantitative estimate of drug-likeness (QED) is 0.788. The molecule has 0 aliphatic carbocycles. The van der Waals surface area contributed by atoms with E-state index in [0.29, 0.717) is 4.88 Å². The van der Waals surface area contributed by atoms with Crippen LogP contribution >= 0.6 is 11.3 Å². The van der Waals surface area contributed by atoms with Crippen LogP contribution in [0.4, 0.5) is 5.69 Å². The van der Waals surface area contributed by atoms with Crippen LogP contribution in [0.5, 0.6) is 0 Å². The predicted molar refractivity (Wildman–Crippen MR) is 95.4 cm³/mol. The van der Waals surface area contributed by atoms with E-state index in [-0.39, 0.29) is 5.91 Å². The van der Waals surface area contributed by atoms with E-state index in [1.54, 1.807) is 5.51 Å². The van der Waals surface area contributed by atoms with Crippen LogP contribution < -0.4 is 5.32 Å². The summed E-state index contributed by atoms with van der Waals surface area (Å²) < 4.78 is 2.24. The molecule has 0 saturated carbocycles. The van der Waals surface area contributed by atoms with E-state index in [1.165, 1.54) is 24.2 Å². The van der Waals surface area contributed by atoms with Crippen molar-refractivity contribution in [2.24, 2.45) is 0 Å². The highest BCUT2D eigenvalue weighted by Crippen LogP contribution is 2.25. The van der Waals surface area contributed by atoms with Crippen LogP contribution in [0.25, 0.3) is 11.3 Å². The van der Waals surface area contributed by atoms with Crippen molar-refractivity contribution >= 4 is 22.9 Å². The molecule has 4 rings (SSSR count). The van der Waals surface area contributed by atoms with Crippen LogP contribution in [0, 0.1) is 6.92 Å².